The van der Waals surface area contributed by atoms with Crippen LogP contribution in [0, 0.1) is 0 Å². The molecule has 0 spiro atoms. The highest BCUT2D eigenvalue weighted by molar-refractivity contribution is 5.41. The molecule has 3 nitrogen and oxygen atoms in total. The highest BCUT2D eigenvalue weighted by atomic mass is 16.5. The van der Waals surface area contributed by atoms with Crippen LogP contribution >= 0.6 is 0 Å². The summed E-state index contributed by atoms with van der Waals surface area (Å²) in [7, 11) is 1.74. The van der Waals surface area contributed by atoms with Crippen LogP contribution < -0.4 is 10.1 Å². The molecule has 1 aromatic rings. The Hall–Kier alpha value is -1.06. The number of benzene rings is 1. The van der Waals surface area contributed by atoms with E-state index in [1.54, 1.807) is 7.11 Å². The minimum atomic E-state index is 0.413. The molecule has 1 aromatic carbocycles. The number of fused-ring (bicyclic) bond motifs is 1. The van der Waals surface area contributed by atoms with Gasteiger partial charge in [-0.3, -0.25) is 0 Å². The molecule has 0 saturated carbocycles. The minimum Gasteiger partial charge on any atom is -0.493 e. The Kier molecular flexibility index (Phi) is 4.61. The first-order valence-electron chi connectivity index (χ1n) is 6.71. The quantitative estimate of drug-likeness (QED) is 0.870. The van der Waals surface area contributed by atoms with Gasteiger partial charge in [-0.2, -0.15) is 0 Å². The Morgan fingerprint density at radius 3 is 3.00 bits per heavy atom. The lowest BCUT2D eigenvalue weighted by Crippen LogP contribution is -2.32. The van der Waals surface area contributed by atoms with Crippen molar-refractivity contribution >= 4 is 0 Å². The van der Waals surface area contributed by atoms with E-state index in [1.807, 2.05) is 0 Å². The van der Waals surface area contributed by atoms with E-state index in [1.165, 1.54) is 11.1 Å². The highest BCUT2D eigenvalue weighted by Crippen LogP contribution is 2.33. The lowest BCUT2D eigenvalue weighted by Gasteiger charge is -2.29. The van der Waals surface area contributed by atoms with Gasteiger partial charge in [0.1, 0.15) is 5.75 Å². The molecule has 1 heterocycles. The summed E-state index contributed by atoms with van der Waals surface area (Å²) in [6, 6.07) is 7.39. The lowest BCUT2D eigenvalue weighted by atomic mass is 9.97. The third-order valence-electron chi connectivity index (χ3n) is 3.24. The fourth-order valence-electron chi connectivity index (χ4n) is 2.39. The van der Waals surface area contributed by atoms with Crippen LogP contribution in [0.5, 0.6) is 5.75 Å². The van der Waals surface area contributed by atoms with E-state index in [0.29, 0.717) is 12.1 Å². The molecule has 0 aromatic heterocycles. The Balaban J connectivity index is 2.18. The average Bonchev–Trinajstić information content (AvgIpc) is 2.36. The van der Waals surface area contributed by atoms with Gasteiger partial charge in [0.05, 0.1) is 13.2 Å². The second-order valence-corrected chi connectivity index (χ2v) is 5.13. The molecule has 0 fully saturated rings. The van der Waals surface area contributed by atoms with E-state index in [0.717, 1.165) is 31.8 Å². The fourth-order valence-corrected chi connectivity index (χ4v) is 2.39. The monoisotopic (exact) mass is 249 g/mol. The largest absolute Gasteiger partial charge is 0.493 e. The molecular formula is C15H23NO2. The average molecular weight is 249 g/mol. The van der Waals surface area contributed by atoms with Gasteiger partial charge < -0.3 is 14.8 Å². The van der Waals surface area contributed by atoms with E-state index in [9.17, 15) is 0 Å². The maximum absolute atomic E-state index is 5.72. The number of hydrogen-bond acceptors (Lipinski definition) is 3. The van der Waals surface area contributed by atoms with Crippen LogP contribution in [0.1, 0.15) is 37.4 Å². The van der Waals surface area contributed by atoms with Crippen LogP contribution in [-0.4, -0.2) is 26.4 Å². The van der Waals surface area contributed by atoms with Crippen molar-refractivity contribution < 1.29 is 9.47 Å². The SMILES string of the molecule is COCCc1ccc2c(c1)C(NC(C)C)CCO2. The predicted molar refractivity (Wildman–Crippen MR) is 73.1 cm³/mol. The van der Waals surface area contributed by atoms with Crippen LogP contribution in [0.15, 0.2) is 18.2 Å². The van der Waals surface area contributed by atoms with Crippen molar-refractivity contribution in [1.82, 2.24) is 5.32 Å². The maximum atomic E-state index is 5.72. The van der Waals surface area contributed by atoms with E-state index < -0.39 is 0 Å². The van der Waals surface area contributed by atoms with Gasteiger partial charge in [-0.25, -0.2) is 0 Å². The van der Waals surface area contributed by atoms with Crippen LogP contribution in [-0.2, 0) is 11.2 Å². The Morgan fingerprint density at radius 2 is 2.28 bits per heavy atom. The van der Waals surface area contributed by atoms with E-state index in [-0.39, 0.29) is 0 Å². The third kappa shape index (κ3) is 3.24. The van der Waals surface area contributed by atoms with Crippen molar-refractivity contribution in [3.05, 3.63) is 29.3 Å². The molecule has 1 unspecified atom stereocenters. The number of rotatable bonds is 5. The number of nitrogens with one attached hydrogen (secondary N) is 1. The first-order chi connectivity index (χ1) is 8.70. The molecule has 18 heavy (non-hydrogen) atoms. The Labute approximate surface area is 109 Å². The van der Waals surface area contributed by atoms with Gasteiger partial charge in [-0.15, -0.1) is 0 Å². The summed E-state index contributed by atoms with van der Waals surface area (Å²) in [5, 5.41) is 3.61. The van der Waals surface area contributed by atoms with E-state index >= 15 is 0 Å². The molecule has 1 atom stereocenters. The van der Waals surface area contributed by atoms with Gasteiger partial charge >= 0.3 is 0 Å². The summed E-state index contributed by atoms with van der Waals surface area (Å²) in [6.45, 7) is 5.94. The number of hydrogen-bond donors (Lipinski definition) is 1. The minimum absolute atomic E-state index is 0.413. The van der Waals surface area contributed by atoms with Crippen molar-refractivity contribution in [3.8, 4) is 5.75 Å². The molecule has 1 N–H and O–H groups in total. The zero-order chi connectivity index (χ0) is 13.0. The zero-order valence-corrected chi connectivity index (χ0v) is 11.5. The number of methoxy groups -OCH3 is 1. The number of ether oxygens (including phenoxy) is 2. The van der Waals surface area contributed by atoms with Gasteiger partial charge in [0, 0.05) is 31.2 Å². The van der Waals surface area contributed by atoms with Crippen LogP contribution in [0.3, 0.4) is 0 Å². The predicted octanol–water partition coefficient (Wildman–Crippen LogP) is 2.70. The van der Waals surface area contributed by atoms with Crippen molar-refractivity contribution in [2.45, 2.75) is 38.8 Å². The molecule has 100 valence electrons. The molecule has 0 amide bonds. The van der Waals surface area contributed by atoms with Crippen molar-refractivity contribution in [3.63, 3.8) is 0 Å². The first kappa shape index (κ1) is 13.4. The summed E-state index contributed by atoms with van der Waals surface area (Å²) < 4.78 is 10.9. The zero-order valence-electron chi connectivity index (χ0n) is 11.5. The maximum Gasteiger partial charge on any atom is 0.124 e. The van der Waals surface area contributed by atoms with Gasteiger partial charge in [0.15, 0.2) is 0 Å². The van der Waals surface area contributed by atoms with Crippen LogP contribution in [0.25, 0.3) is 0 Å². The standard InChI is InChI=1S/C15H23NO2/c1-11(2)16-14-7-9-18-15-5-4-12(6-8-17-3)10-13(14)15/h4-5,10-11,14,16H,6-9H2,1-3H3. The normalized spacial score (nSPS) is 18.6. The van der Waals surface area contributed by atoms with Gasteiger partial charge in [0.25, 0.3) is 0 Å². The smallest absolute Gasteiger partial charge is 0.124 e. The van der Waals surface area contributed by atoms with Gasteiger partial charge in [-0.1, -0.05) is 26.0 Å². The summed E-state index contributed by atoms with van der Waals surface area (Å²) in [6.07, 6.45) is 2.00. The third-order valence-corrected chi connectivity index (χ3v) is 3.24. The summed E-state index contributed by atoms with van der Waals surface area (Å²) in [4.78, 5) is 0. The second-order valence-electron chi connectivity index (χ2n) is 5.13. The Morgan fingerprint density at radius 1 is 1.44 bits per heavy atom. The molecular weight excluding hydrogens is 226 g/mol. The second kappa shape index (κ2) is 6.21. The van der Waals surface area contributed by atoms with Crippen LogP contribution in [0.4, 0.5) is 0 Å². The van der Waals surface area contributed by atoms with Gasteiger partial charge in [-0.05, 0) is 18.1 Å². The van der Waals surface area contributed by atoms with Gasteiger partial charge in [0.2, 0.25) is 0 Å². The van der Waals surface area contributed by atoms with Crippen molar-refractivity contribution in [1.29, 1.82) is 0 Å². The summed E-state index contributed by atoms with van der Waals surface area (Å²) in [5.74, 6) is 1.03. The summed E-state index contributed by atoms with van der Waals surface area (Å²) >= 11 is 0. The van der Waals surface area contributed by atoms with Crippen molar-refractivity contribution in [2.24, 2.45) is 0 Å². The lowest BCUT2D eigenvalue weighted by molar-refractivity contribution is 0.202. The summed E-state index contributed by atoms with van der Waals surface area (Å²) in [5.41, 5.74) is 2.61. The molecule has 3 heteroatoms. The molecule has 1 aliphatic heterocycles. The molecule has 0 bridgehead atoms. The molecule has 0 radical (unpaired) electrons. The Bertz CT molecular complexity index is 390. The van der Waals surface area contributed by atoms with E-state index in [4.69, 9.17) is 9.47 Å². The molecule has 0 saturated heterocycles. The molecule has 1 aliphatic rings. The molecule has 0 aliphatic carbocycles. The highest BCUT2D eigenvalue weighted by Gasteiger charge is 2.21. The van der Waals surface area contributed by atoms with Crippen LogP contribution in [0.2, 0.25) is 0 Å². The topological polar surface area (TPSA) is 30.5 Å². The van der Waals surface area contributed by atoms with Crippen molar-refractivity contribution in [2.75, 3.05) is 20.3 Å². The van der Waals surface area contributed by atoms with E-state index in [2.05, 4.69) is 37.4 Å². The fraction of sp³-hybridized carbons (Fsp3) is 0.600. The molecule has 2 rings (SSSR count). The first-order valence-corrected chi connectivity index (χ1v) is 6.71.